The minimum Gasteiger partial charge on any atom is -0.453 e. The molecule has 0 unspecified atom stereocenters. The van der Waals surface area contributed by atoms with Crippen molar-refractivity contribution in [3.8, 4) is 0 Å². The van der Waals surface area contributed by atoms with Crippen LogP contribution in [-0.2, 0) is 23.9 Å². The van der Waals surface area contributed by atoms with E-state index in [2.05, 4.69) is 16.0 Å². The van der Waals surface area contributed by atoms with Crippen molar-refractivity contribution in [1.29, 1.82) is 0 Å². The van der Waals surface area contributed by atoms with Gasteiger partial charge in [-0.1, -0.05) is 20.8 Å². The number of ether oxygens (including phenoxy) is 1. The third-order valence-electron chi connectivity index (χ3n) is 8.72. The predicted molar refractivity (Wildman–Crippen MR) is 129 cm³/mol. The van der Waals surface area contributed by atoms with Gasteiger partial charge < -0.3 is 31.3 Å². The molecular formula is C25H38FN5O6. The Bertz CT molecular complexity index is 970. The average molecular weight is 524 g/mol. The van der Waals surface area contributed by atoms with Gasteiger partial charge in [0.2, 0.25) is 23.6 Å². The molecule has 37 heavy (non-hydrogen) atoms. The van der Waals surface area contributed by atoms with Crippen LogP contribution in [0.3, 0.4) is 0 Å². The summed E-state index contributed by atoms with van der Waals surface area (Å²) in [6.45, 7) is 6.11. The van der Waals surface area contributed by atoms with E-state index in [1.165, 1.54) is 12.0 Å². The lowest BCUT2D eigenvalue weighted by atomic mass is 9.77. The van der Waals surface area contributed by atoms with Crippen LogP contribution in [0.4, 0.5) is 9.18 Å². The van der Waals surface area contributed by atoms with Crippen LogP contribution in [-0.4, -0.2) is 79.1 Å². The number of hydrogen-bond acceptors (Lipinski definition) is 6. The van der Waals surface area contributed by atoms with E-state index in [1.54, 1.807) is 20.8 Å². The number of amides is 5. The summed E-state index contributed by atoms with van der Waals surface area (Å²) < 4.78 is 19.6. The first-order chi connectivity index (χ1) is 17.3. The van der Waals surface area contributed by atoms with Gasteiger partial charge in [-0.3, -0.25) is 19.2 Å². The lowest BCUT2D eigenvalue weighted by Gasteiger charge is -2.37. The molecule has 4 fully saturated rings. The topological polar surface area (TPSA) is 160 Å². The van der Waals surface area contributed by atoms with Crippen LogP contribution in [0.1, 0.15) is 46.5 Å². The van der Waals surface area contributed by atoms with Crippen molar-refractivity contribution in [3.63, 3.8) is 0 Å². The third-order valence-corrected chi connectivity index (χ3v) is 8.72. The summed E-state index contributed by atoms with van der Waals surface area (Å²) in [5, 5.41) is 7.98. The fourth-order valence-corrected chi connectivity index (χ4v) is 6.92. The maximum Gasteiger partial charge on any atom is 0.407 e. The third kappa shape index (κ3) is 5.11. The fraction of sp³-hybridized carbons (Fsp3) is 0.800. The van der Waals surface area contributed by atoms with E-state index >= 15 is 0 Å². The molecule has 12 heteroatoms. The molecule has 9 atom stereocenters. The molecule has 4 rings (SSSR count). The molecule has 2 saturated heterocycles. The standard InChI is InChI=1S/C25H38FN5O6/c1-25(2,3)19(30-24(36)37-4)23(35)31-10-14-12-7-13(15(26)8-12)17(14)18(31)22(34)29-16(20(27)32)9-11-5-6-28-21(11)33/h11-19H,5-10H2,1-4H3,(H2,27,32)(H,28,33)(H,29,34)(H,30,36)/t11-,12-,13+,14+,15+,16-,17-,18-,19+/m0/s1. The second-order valence-electron chi connectivity index (χ2n) is 12.0. The highest BCUT2D eigenvalue weighted by molar-refractivity contribution is 5.95. The molecule has 0 aromatic carbocycles. The van der Waals surface area contributed by atoms with E-state index in [0.29, 0.717) is 25.8 Å². The average Bonchev–Trinajstić information content (AvgIpc) is 3.57. The van der Waals surface area contributed by atoms with E-state index in [-0.39, 0.29) is 36.6 Å². The minimum absolute atomic E-state index is 0.0496. The van der Waals surface area contributed by atoms with Crippen molar-refractivity contribution in [3.05, 3.63) is 0 Å². The van der Waals surface area contributed by atoms with Crippen LogP contribution in [0.15, 0.2) is 0 Å². The Morgan fingerprint density at radius 3 is 2.46 bits per heavy atom. The van der Waals surface area contributed by atoms with Gasteiger partial charge in [-0.05, 0) is 54.8 Å². The first kappa shape index (κ1) is 27.1. The smallest absolute Gasteiger partial charge is 0.407 e. The van der Waals surface area contributed by atoms with Crippen LogP contribution in [0.2, 0.25) is 0 Å². The number of halogens is 1. The second-order valence-corrected chi connectivity index (χ2v) is 12.0. The first-order valence-corrected chi connectivity index (χ1v) is 13.0. The van der Waals surface area contributed by atoms with E-state index < -0.39 is 65.4 Å². The molecule has 5 amide bonds. The van der Waals surface area contributed by atoms with Gasteiger partial charge in [0.05, 0.1) is 7.11 Å². The van der Waals surface area contributed by atoms with Crippen LogP contribution in [0, 0.1) is 35.0 Å². The Morgan fingerprint density at radius 1 is 1.19 bits per heavy atom. The zero-order valence-corrected chi connectivity index (χ0v) is 21.8. The molecule has 11 nitrogen and oxygen atoms in total. The minimum atomic E-state index is -1.11. The van der Waals surface area contributed by atoms with Gasteiger partial charge in [0, 0.05) is 19.0 Å². The second kappa shape index (κ2) is 10.1. The van der Waals surface area contributed by atoms with E-state index in [0.717, 1.165) is 0 Å². The zero-order valence-electron chi connectivity index (χ0n) is 21.8. The van der Waals surface area contributed by atoms with Gasteiger partial charge in [-0.25, -0.2) is 9.18 Å². The number of carbonyl (C=O) groups is 5. The number of alkyl carbamates (subject to hydrolysis) is 1. The highest BCUT2D eigenvalue weighted by Crippen LogP contribution is 2.58. The molecule has 5 N–H and O–H groups in total. The van der Waals surface area contributed by atoms with Crippen LogP contribution < -0.4 is 21.7 Å². The predicted octanol–water partition coefficient (Wildman–Crippen LogP) is 0.0745. The quantitative estimate of drug-likeness (QED) is 0.370. The monoisotopic (exact) mass is 523 g/mol. The Morgan fingerprint density at radius 2 is 1.89 bits per heavy atom. The Kier molecular flexibility index (Phi) is 7.40. The molecule has 2 aliphatic heterocycles. The summed E-state index contributed by atoms with van der Waals surface area (Å²) in [4.78, 5) is 65.4. The number of likely N-dealkylation sites (tertiary alicyclic amines) is 1. The lowest BCUT2D eigenvalue weighted by Crippen LogP contribution is -2.60. The number of carbonyl (C=O) groups excluding carboxylic acids is 5. The van der Waals surface area contributed by atoms with Crippen molar-refractivity contribution in [2.24, 2.45) is 40.7 Å². The van der Waals surface area contributed by atoms with Crippen molar-refractivity contribution in [2.75, 3.05) is 20.2 Å². The number of methoxy groups -OCH3 is 1. The van der Waals surface area contributed by atoms with E-state index in [4.69, 9.17) is 10.5 Å². The number of nitrogens with two attached hydrogens (primary N) is 1. The SMILES string of the molecule is COC(=O)N[C@H](C(=O)N1C[C@@H]2[C@H]3C[C@@H]([C@@H]2[C@H]1C(=O)N[C@@H](C[C@@H]1CCNC1=O)C(N)=O)[C@H](F)C3)C(C)(C)C. The number of fused-ring (bicyclic) bond motifs is 5. The summed E-state index contributed by atoms with van der Waals surface area (Å²) in [7, 11) is 1.20. The van der Waals surface area contributed by atoms with E-state index in [1.807, 2.05) is 0 Å². The van der Waals surface area contributed by atoms with Gasteiger partial charge >= 0.3 is 6.09 Å². The van der Waals surface area contributed by atoms with Crippen LogP contribution >= 0.6 is 0 Å². The number of rotatable bonds is 7. The van der Waals surface area contributed by atoms with Gasteiger partial charge in [0.15, 0.2) is 0 Å². The first-order valence-electron chi connectivity index (χ1n) is 13.0. The van der Waals surface area contributed by atoms with Crippen LogP contribution in [0.25, 0.3) is 0 Å². The maximum atomic E-state index is 14.9. The van der Waals surface area contributed by atoms with Crippen molar-refractivity contribution >= 4 is 29.7 Å². The molecular weight excluding hydrogens is 485 g/mol. The Balaban J connectivity index is 1.61. The van der Waals surface area contributed by atoms with Gasteiger partial charge in [0.1, 0.15) is 24.3 Å². The molecule has 0 spiro atoms. The highest BCUT2D eigenvalue weighted by Gasteiger charge is 2.63. The van der Waals surface area contributed by atoms with Crippen molar-refractivity contribution in [1.82, 2.24) is 20.9 Å². The summed E-state index contributed by atoms with van der Waals surface area (Å²) in [5.74, 6) is -3.25. The summed E-state index contributed by atoms with van der Waals surface area (Å²) in [6, 6.07) is -3.12. The number of hydrogen-bond donors (Lipinski definition) is 4. The molecule has 2 saturated carbocycles. The summed E-state index contributed by atoms with van der Waals surface area (Å²) in [5.41, 5.74) is 4.87. The molecule has 2 bridgehead atoms. The lowest BCUT2D eigenvalue weighted by molar-refractivity contribution is -0.144. The number of nitrogens with one attached hydrogen (secondary N) is 3. The fourth-order valence-electron chi connectivity index (χ4n) is 6.92. The molecule has 2 aliphatic carbocycles. The number of alkyl halides is 1. The van der Waals surface area contributed by atoms with Gasteiger partial charge in [-0.15, -0.1) is 0 Å². The Hall–Kier alpha value is -2.92. The number of nitrogens with zero attached hydrogens (tertiary/aromatic N) is 1. The van der Waals surface area contributed by atoms with Gasteiger partial charge in [-0.2, -0.15) is 0 Å². The molecule has 2 heterocycles. The largest absolute Gasteiger partial charge is 0.453 e. The molecule has 0 radical (unpaired) electrons. The van der Waals surface area contributed by atoms with Crippen molar-refractivity contribution in [2.45, 2.75) is 70.8 Å². The maximum absolute atomic E-state index is 14.9. The molecule has 0 aromatic rings. The normalized spacial score (nSPS) is 33.9. The Labute approximate surface area is 215 Å². The molecule has 206 valence electrons. The highest BCUT2D eigenvalue weighted by atomic mass is 19.1. The van der Waals surface area contributed by atoms with Crippen molar-refractivity contribution < 1.29 is 33.1 Å². The molecule has 0 aromatic heterocycles. The van der Waals surface area contributed by atoms with Crippen LogP contribution in [0.5, 0.6) is 0 Å². The summed E-state index contributed by atoms with van der Waals surface area (Å²) >= 11 is 0. The number of primary amides is 1. The molecule has 4 aliphatic rings. The van der Waals surface area contributed by atoms with E-state index in [9.17, 15) is 28.4 Å². The summed E-state index contributed by atoms with van der Waals surface area (Å²) in [6.07, 6.45) is -0.192. The zero-order chi connectivity index (χ0) is 27.2. The van der Waals surface area contributed by atoms with Gasteiger partial charge in [0.25, 0.3) is 0 Å².